The lowest BCUT2D eigenvalue weighted by molar-refractivity contribution is 0.346. The van der Waals surface area contributed by atoms with E-state index in [9.17, 15) is 4.79 Å². The first-order chi connectivity index (χ1) is 9.76. The van der Waals surface area contributed by atoms with E-state index in [2.05, 4.69) is 11.9 Å². The summed E-state index contributed by atoms with van der Waals surface area (Å²) in [6.07, 6.45) is 1.97. The van der Waals surface area contributed by atoms with Crippen molar-refractivity contribution in [3.8, 4) is 6.01 Å². The summed E-state index contributed by atoms with van der Waals surface area (Å²) in [7, 11) is 1.56. The highest BCUT2D eigenvalue weighted by Gasteiger charge is 2.15. The van der Waals surface area contributed by atoms with Gasteiger partial charge in [-0.1, -0.05) is 31.5 Å². The van der Waals surface area contributed by atoms with Crippen molar-refractivity contribution >= 4 is 31.6 Å². The molecule has 0 aliphatic carbocycles. The Kier molecular flexibility index (Phi) is 3.44. The number of methoxy groups -OCH3 is 1. The highest BCUT2D eigenvalue weighted by Crippen LogP contribution is 2.31. The number of benzene rings is 1. The molecule has 0 saturated heterocycles. The average Bonchev–Trinajstić information content (AvgIpc) is 2.85. The van der Waals surface area contributed by atoms with Crippen LogP contribution in [0.15, 0.2) is 29.1 Å². The van der Waals surface area contributed by atoms with Crippen LogP contribution >= 0.6 is 11.3 Å². The first-order valence-corrected chi connectivity index (χ1v) is 7.54. The highest BCUT2D eigenvalue weighted by atomic mass is 32.1. The Hall–Kier alpha value is -1.88. The van der Waals surface area contributed by atoms with Gasteiger partial charge in [-0.05, 0) is 12.5 Å². The number of ether oxygens (including phenoxy) is 1. The highest BCUT2D eigenvalue weighted by molar-refractivity contribution is 7.25. The molecule has 3 rings (SSSR count). The van der Waals surface area contributed by atoms with Gasteiger partial charge in [0.25, 0.3) is 11.6 Å². The number of fused-ring (bicyclic) bond motifs is 3. The van der Waals surface area contributed by atoms with Gasteiger partial charge < -0.3 is 4.74 Å². The van der Waals surface area contributed by atoms with Crippen LogP contribution in [0.5, 0.6) is 6.01 Å². The number of nitrogens with zero attached hydrogens (tertiary/aromatic N) is 2. The van der Waals surface area contributed by atoms with Crippen LogP contribution in [0.3, 0.4) is 0 Å². The van der Waals surface area contributed by atoms with Crippen LogP contribution in [-0.4, -0.2) is 16.7 Å². The topological polar surface area (TPSA) is 44.1 Å². The summed E-state index contributed by atoms with van der Waals surface area (Å²) >= 11 is 1.50. The molecule has 3 aromatic rings. The molecule has 0 unspecified atom stereocenters. The molecule has 0 bridgehead atoms. The number of hydrogen-bond donors (Lipinski definition) is 0. The minimum absolute atomic E-state index is 0.00139. The third kappa shape index (κ3) is 1.98. The fourth-order valence-electron chi connectivity index (χ4n) is 2.32. The van der Waals surface area contributed by atoms with E-state index < -0.39 is 0 Å². The first kappa shape index (κ1) is 13.1. The summed E-state index contributed by atoms with van der Waals surface area (Å²) in [6.45, 7) is 2.75. The third-order valence-electron chi connectivity index (χ3n) is 3.36. The number of aromatic nitrogens is 2. The lowest BCUT2D eigenvalue weighted by Crippen LogP contribution is -2.22. The monoisotopic (exact) mass is 288 g/mol. The van der Waals surface area contributed by atoms with Crippen LogP contribution < -0.4 is 10.3 Å². The van der Waals surface area contributed by atoms with Crippen molar-refractivity contribution in [2.24, 2.45) is 0 Å². The second kappa shape index (κ2) is 5.25. The van der Waals surface area contributed by atoms with E-state index in [0.29, 0.717) is 17.3 Å². The number of thiophene rings is 1. The Morgan fingerprint density at radius 1 is 1.35 bits per heavy atom. The fourth-order valence-corrected chi connectivity index (χ4v) is 3.41. The van der Waals surface area contributed by atoms with Gasteiger partial charge in [0.05, 0.1) is 7.11 Å². The van der Waals surface area contributed by atoms with E-state index in [0.717, 1.165) is 28.4 Å². The molecule has 2 aromatic heterocycles. The standard InChI is InChI=1S/C15H16N2O2S/c1-3-4-9-17-14(18)13-12(16-15(17)19-2)10-7-5-6-8-11(10)20-13/h5-8H,3-4,9H2,1-2H3. The third-order valence-corrected chi connectivity index (χ3v) is 4.51. The Labute approximate surface area is 120 Å². The summed E-state index contributed by atoms with van der Waals surface area (Å²) in [6, 6.07) is 8.36. The molecule has 0 saturated carbocycles. The predicted molar refractivity (Wildman–Crippen MR) is 82.8 cm³/mol. The average molecular weight is 288 g/mol. The molecule has 0 atom stereocenters. The summed E-state index contributed by atoms with van der Waals surface area (Å²) < 4.78 is 8.74. The van der Waals surface area contributed by atoms with Crippen LogP contribution in [0, 0.1) is 0 Å². The SMILES string of the molecule is CCCCn1c(OC)nc2c(sc3ccccc32)c1=O. The van der Waals surface area contributed by atoms with Crippen molar-refractivity contribution in [3.05, 3.63) is 34.6 Å². The molecule has 0 amide bonds. The van der Waals surface area contributed by atoms with E-state index in [1.165, 1.54) is 11.3 Å². The minimum Gasteiger partial charge on any atom is -0.468 e. The molecule has 104 valence electrons. The second-order valence-electron chi connectivity index (χ2n) is 4.68. The lowest BCUT2D eigenvalue weighted by Gasteiger charge is -2.09. The van der Waals surface area contributed by atoms with Gasteiger partial charge in [-0.15, -0.1) is 11.3 Å². The molecular weight excluding hydrogens is 272 g/mol. The Morgan fingerprint density at radius 2 is 2.15 bits per heavy atom. The molecule has 0 aliphatic rings. The maximum Gasteiger partial charge on any atom is 0.299 e. The molecule has 0 aliphatic heterocycles. The molecule has 5 heteroatoms. The summed E-state index contributed by atoms with van der Waals surface area (Å²) in [5.41, 5.74) is 0.752. The smallest absolute Gasteiger partial charge is 0.299 e. The van der Waals surface area contributed by atoms with Gasteiger partial charge in [0, 0.05) is 16.6 Å². The quantitative estimate of drug-likeness (QED) is 0.739. The van der Waals surface area contributed by atoms with Crippen molar-refractivity contribution in [2.45, 2.75) is 26.3 Å². The van der Waals surface area contributed by atoms with Crippen LogP contribution in [-0.2, 0) is 6.54 Å². The molecule has 1 aromatic carbocycles. The van der Waals surface area contributed by atoms with E-state index >= 15 is 0 Å². The van der Waals surface area contributed by atoms with Crippen LogP contribution in [0.25, 0.3) is 20.3 Å². The van der Waals surface area contributed by atoms with Crippen molar-refractivity contribution in [1.82, 2.24) is 9.55 Å². The van der Waals surface area contributed by atoms with Crippen molar-refractivity contribution in [2.75, 3.05) is 7.11 Å². The van der Waals surface area contributed by atoms with E-state index in [4.69, 9.17) is 4.74 Å². The van der Waals surface area contributed by atoms with Gasteiger partial charge in [0.1, 0.15) is 10.2 Å². The fraction of sp³-hybridized carbons (Fsp3) is 0.333. The van der Waals surface area contributed by atoms with Gasteiger partial charge in [0.2, 0.25) is 0 Å². The molecular formula is C15H16N2O2S. The van der Waals surface area contributed by atoms with Gasteiger partial charge in [-0.2, -0.15) is 4.98 Å². The van der Waals surface area contributed by atoms with Gasteiger partial charge in [-0.3, -0.25) is 9.36 Å². The zero-order valence-electron chi connectivity index (χ0n) is 11.5. The lowest BCUT2D eigenvalue weighted by atomic mass is 10.2. The summed E-state index contributed by atoms with van der Waals surface area (Å²) in [4.78, 5) is 17.2. The Bertz CT molecular complexity index is 820. The molecule has 4 nitrogen and oxygen atoms in total. The Balaban J connectivity index is 2.33. The summed E-state index contributed by atoms with van der Waals surface area (Å²) in [5, 5.41) is 1.02. The minimum atomic E-state index is 0.00139. The van der Waals surface area contributed by atoms with Gasteiger partial charge >= 0.3 is 0 Å². The molecule has 20 heavy (non-hydrogen) atoms. The number of rotatable bonds is 4. The molecule has 0 spiro atoms. The maximum absolute atomic E-state index is 12.6. The largest absolute Gasteiger partial charge is 0.468 e. The van der Waals surface area contributed by atoms with Crippen molar-refractivity contribution < 1.29 is 4.74 Å². The predicted octanol–water partition coefficient (Wildman–Crippen LogP) is 3.42. The van der Waals surface area contributed by atoms with Gasteiger partial charge in [0.15, 0.2) is 0 Å². The van der Waals surface area contributed by atoms with Crippen LogP contribution in [0.4, 0.5) is 0 Å². The van der Waals surface area contributed by atoms with Crippen molar-refractivity contribution in [1.29, 1.82) is 0 Å². The summed E-state index contributed by atoms with van der Waals surface area (Å²) in [5.74, 6) is 0. The van der Waals surface area contributed by atoms with E-state index in [1.807, 2.05) is 24.3 Å². The Morgan fingerprint density at radius 3 is 2.90 bits per heavy atom. The maximum atomic E-state index is 12.6. The molecule has 0 N–H and O–H groups in total. The van der Waals surface area contributed by atoms with Crippen LogP contribution in [0.1, 0.15) is 19.8 Å². The number of hydrogen-bond acceptors (Lipinski definition) is 4. The number of unbranched alkanes of at least 4 members (excludes halogenated alkanes) is 1. The van der Waals surface area contributed by atoms with Crippen LogP contribution in [0.2, 0.25) is 0 Å². The van der Waals surface area contributed by atoms with E-state index in [-0.39, 0.29) is 5.56 Å². The van der Waals surface area contributed by atoms with Gasteiger partial charge in [-0.25, -0.2) is 0 Å². The first-order valence-electron chi connectivity index (χ1n) is 6.72. The molecule has 0 fully saturated rings. The zero-order valence-corrected chi connectivity index (χ0v) is 12.4. The van der Waals surface area contributed by atoms with E-state index in [1.54, 1.807) is 11.7 Å². The second-order valence-corrected chi connectivity index (χ2v) is 5.74. The normalized spacial score (nSPS) is 11.3. The molecule has 0 radical (unpaired) electrons. The molecule has 2 heterocycles. The van der Waals surface area contributed by atoms with Crippen molar-refractivity contribution in [3.63, 3.8) is 0 Å². The zero-order chi connectivity index (χ0) is 14.1.